The molecule has 8 heteroatoms. The molecule has 0 saturated carbocycles. The van der Waals surface area contributed by atoms with Crippen LogP contribution in [0.5, 0.6) is 0 Å². The van der Waals surface area contributed by atoms with Gasteiger partial charge < -0.3 is 30.4 Å². The summed E-state index contributed by atoms with van der Waals surface area (Å²) in [6.45, 7) is 3.65. The Labute approximate surface area is 118 Å². The van der Waals surface area contributed by atoms with E-state index in [0.29, 0.717) is 52.7 Å². The van der Waals surface area contributed by atoms with Crippen molar-refractivity contribution in [2.75, 3.05) is 52.7 Å². The SMILES string of the molecule is NCCOCCOCCOCCNC(=O)CCC(=O)O. The molecule has 0 aliphatic heterocycles. The third-order valence-corrected chi connectivity index (χ3v) is 2.14. The maximum Gasteiger partial charge on any atom is 0.303 e. The van der Waals surface area contributed by atoms with Crippen molar-refractivity contribution in [2.24, 2.45) is 5.73 Å². The number of carbonyl (C=O) groups is 2. The zero-order valence-corrected chi connectivity index (χ0v) is 11.6. The fourth-order valence-corrected chi connectivity index (χ4v) is 1.20. The van der Waals surface area contributed by atoms with Crippen molar-refractivity contribution < 1.29 is 28.9 Å². The van der Waals surface area contributed by atoms with E-state index in [1.165, 1.54) is 0 Å². The standard InChI is InChI=1S/C12H24N2O6/c13-3-5-18-7-9-20-10-8-19-6-4-14-11(15)1-2-12(16)17/h1-10,13H2,(H,14,15)(H,16,17). The molecule has 0 aliphatic carbocycles. The third-order valence-electron chi connectivity index (χ3n) is 2.14. The summed E-state index contributed by atoms with van der Waals surface area (Å²) in [5.74, 6) is -1.27. The number of amides is 1. The molecular weight excluding hydrogens is 268 g/mol. The Balaban J connectivity index is 3.12. The topological polar surface area (TPSA) is 120 Å². The van der Waals surface area contributed by atoms with E-state index in [9.17, 15) is 9.59 Å². The maximum atomic E-state index is 11.1. The Morgan fingerprint density at radius 2 is 1.45 bits per heavy atom. The number of hydrogen-bond acceptors (Lipinski definition) is 6. The molecule has 8 nitrogen and oxygen atoms in total. The predicted octanol–water partition coefficient (Wildman–Crippen LogP) is -1.02. The van der Waals surface area contributed by atoms with Gasteiger partial charge in [0.1, 0.15) is 0 Å². The molecule has 0 bridgehead atoms. The summed E-state index contributed by atoms with van der Waals surface area (Å²) in [7, 11) is 0. The van der Waals surface area contributed by atoms with Gasteiger partial charge in [0.2, 0.25) is 5.91 Å². The number of ether oxygens (including phenoxy) is 3. The first-order valence-electron chi connectivity index (χ1n) is 6.58. The van der Waals surface area contributed by atoms with Gasteiger partial charge in [-0.1, -0.05) is 0 Å². The van der Waals surface area contributed by atoms with Crippen LogP contribution in [0.3, 0.4) is 0 Å². The number of hydrogen-bond donors (Lipinski definition) is 3. The quantitative estimate of drug-likeness (QED) is 0.350. The van der Waals surface area contributed by atoms with Crippen LogP contribution in [-0.4, -0.2) is 69.7 Å². The first-order chi connectivity index (χ1) is 9.66. The van der Waals surface area contributed by atoms with Crippen LogP contribution in [0.25, 0.3) is 0 Å². The summed E-state index contributed by atoms with van der Waals surface area (Å²) in [5, 5.41) is 11.0. The lowest BCUT2D eigenvalue weighted by molar-refractivity contribution is -0.138. The average molecular weight is 292 g/mol. The molecule has 20 heavy (non-hydrogen) atoms. The van der Waals surface area contributed by atoms with E-state index in [-0.39, 0.29) is 18.7 Å². The van der Waals surface area contributed by atoms with Gasteiger partial charge in [-0.2, -0.15) is 0 Å². The Morgan fingerprint density at radius 1 is 0.900 bits per heavy atom. The highest BCUT2D eigenvalue weighted by Gasteiger charge is 2.03. The third kappa shape index (κ3) is 14.8. The highest BCUT2D eigenvalue weighted by Crippen LogP contribution is 1.88. The van der Waals surface area contributed by atoms with Crippen LogP contribution in [0.15, 0.2) is 0 Å². The van der Waals surface area contributed by atoms with Crippen molar-refractivity contribution >= 4 is 11.9 Å². The molecule has 118 valence electrons. The van der Waals surface area contributed by atoms with Crippen molar-refractivity contribution in [3.8, 4) is 0 Å². The minimum absolute atomic E-state index is 0.0127. The highest BCUT2D eigenvalue weighted by molar-refractivity contribution is 5.80. The first kappa shape index (κ1) is 18.8. The summed E-state index contributed by atoms with van der Waals surface area (Å²) in [6.07, 6.45) is -0.173. The monoisotopic (exact) mass is 292 g/mol. The smallest absolute Gasteiger partial charge is 0.303 e. The number of carbonyl (C=O) groups excluding carboxylic acids is 1. The summed E-state index contributed by atoms with van der Waals surface area (Å²) in [6, 6.07) is 0. The zero-order valence-electron chi connectivity index (χ0n) is 11.6. The normalized spacial score (nSPS) is 10.4. The van der Waals surface area contributed by atoms with Gasteiger partial charge in [-0.3, -0.25) is 9.59 Å². The van der Waals surface area contributed by atoms with Gasteiger partial charge in [0.05, 0.1) is 46.1 Å². The van der Waals surface area contributed by atoms with Crippen LogP contribution in [0, 0.1) is 0 Å². The van der Waals surface area contributed by atoms with Crippen LogP contribution < -0.4 is 11.1 Å². The number of rotatable bonds is 14. The van der Waals surface area contributed by atoms with Crippen molar-refractivity contribution in [2.45, 2.75) is 12.8 Å². The minimum atomic E-state index is -0.982. The van der Waals surface area contributed by atoms with Gasteiger partial charge in [-0.15, -0.1) is 0 Å². The summed E-state index contributed by atoms with van der Waals surface area (Å²) < 4.78 is 15.6. The van der Waals surface area contributed by atoms with Gasteiger partial charge in [0.25, 0.3) is 0 Å². The lowest BCUT2D eigenvalue weighted by Crippen LogP contribution is -2.27. The van der Waals surface area contributed by atoms with Gasteiger partial charge in [-0.05, 0) is 0 Å². The second kappa shape index (κ2) is 14.2. The fourth-order valence-electron chi connectivity index (χ4n) is 1.20. The Hall–Kier alpha value is -1.22. The van der Waals surface area contributed by atoms with Gasteiger partial charge in [0, 0.05) is 19.5 Å². The number of carboxylic acids is 1. The highest BCUT2D eigenvalue weighted by atomic mass is 16.5. The molecular formula is C12H24N2O6. The summed E-state index contributed by atoms with van der Waals surface area (Å²) in [4.78, 5) is 21.4. The molecule has 0 unspecified atom stereocenters. The van der Waals surface area contributed by atoms with Crippen LogP contribution in [-0.2, 0) is 23.8 Å². The molecule has 0 heterocycles. The number of carboxylic acid groups (broad SMARTS) is 1. The van der Waals surface area contributed by atoms with E-state index < -0.39 is 5.97 Å². The second-order valence-corrected chi connectivity index (χ2v) is 3.87. The molecule has 1 amide bonds. The molecule has 0 atom stereocenters. The predicted molar refractivity (Wildman–Crippen MR) is 71.4 cm³/mol. The maximum absolute atomic E-state index is 11.1. The van der Waals surface area contributed by atoms with Crippen molar-refractivity contribution in [1.82, 2.24) is 5.32 Å². The van der Waals surface area contributed by atoms with Crippen molar-refractivity contribution in [3.63, 3.8) is 0 Å². The Kier molecular flexibility index (Phi) is 13.3. The Bertz CT molecular complexity index is 262. The molecule has 0 rings (SSSR count). The van der Waals surface area contributed by atoms with E-state index in [4.69, 9.17) is 25.1 Å². The fraction of sp³-hybridized carbons (Fsp3) is 0.833. The molecule has 0 spiro atoms. The van der Waals surface area contributed by atoms with E-state index in [2.05, 4.69) is 5.32 Å². The van der Waals surface area contributed by atoms with E-state index >= 15 is 0 Å². The van der Waals surface area contributed by atoms with Gasteiger partial charge in [0.15, 0.2) is 0 Å². The largest absolute Gasteiger partial charge is 0.481 e. The molecule has 0 aliphatic rings. The molecule has 0 aromatic rings. The number of nitrogens with two attached hydrogens (primary N) is 1. The van der Waals surface area contributed by atoms with Gasteiger partial charge >= 0.3 is 5.97 Å². The number of aliphatic carboxylic acids is 1. The second-order valence-electron chi connectivity index (χ2n) is 3.87. The molecule has 0 aromatic carbocycles. The van der Waals surface area contributed by atoms with E-state index in [1.54, 1.807) is 0 Å². The number of nitrogens with one attached hydrogen (secondary N) is 1. The average Bonchev–Trinajstić information content (AvgIpc) is 2.42. The summed E-state index contributed by atoms with van der Waals surface area (Å²) in [5.41, 5.74) is 5.25. The van der Waals surface area contributed by atoms with Crippen molar-refractivity contribution in [1.29, 1.82) is 0 Å². The first-order valence-corrected chi connectivity index (χ1v) is 6.58. The van der Waals surface area contributed by atoms with E-state index in [1.807, 2.05) is 0 Å². The Morgan fingerprint density at radius 3 is 2.00 bits per heavy atom. The molecule has 0 aromatic heterocycles. The lowest BCUT2D eigenvalue weighted by atomic mass is 10.3. The van der Waals surface area contributed by atoms with Crippen LogP contribution in [0.2, 0.25) is 0 Å². The summed E-state index contributed by atoms with van der Waals surface area (Å²) >= 11 is 0. The van der Waals surface area contributed by atoms with Gasteiger partial charge in [-0.25, -0.2) is 0 Å². The van der Waals surface area contributed by atoms with Crippen LogP contribution in [0.4, 0.5) is 0 Å². The van der Waals surface area contributed by atoms with Crippen LogP contribution in [0.1, 0.15) is 12.8 Å². The van der Waals surface area contributed by atoms with Crippen LogP contribution >= 0.6 is 0 Å². The van der Waals surface area contributed by atoms with Crippen molar-refractivity contribution in [3.05, 3.63) is 0 Å². The minimum Gasteiger partial charge on any atom is -0.481 e. The molecule has 0 fully saturated rings. The zero-order chi connectivity index (χ0) is 15.1. The van der Waals surface area contributed by atoms with E-state index in [0.717, 1.165) is 0 Å². The molecule has 4 N–H and O–H groups in total. The molecule has 0 saturated heterocycles. The molecule has 0 radical (unpaired) electrons. The lowest BCUT2D eigenvalue weighted by Gasteiger charge is -2.07.